The third-order valence-electron chi connectivity index (χ3n) is 9.12. The molecule has 37 heavy (non-hydrogen) atoms. The highest BCUT2D eigenvalue weighted by atomic mass is 32.1. The van der Waals surface area contributed by atoms with Crippen LogP contribution in [0.2, 0.25) is 0 Å². The Kier molecular flexibility index (Phi) is 5.66. The number of nitrogens with one attached hydrogen (secondary N) is 1. The number of thiazole rings is 1. The van der Waals surface area contributed by atoms with E-state index in [1.165, 1.54) is 22.5 Å². The van der Waals surface area contributed by atoms with Crippen molar-refractivity contribution in [3.63, 3.8) is 0 Å². The molecule has 7 rings (SSSR count). The summed E-state index contributed by atoms with van der Waals surface area (Å²) in [6.07, 6.45) is 5.19. The van der Waals surface area contributed by atoms with Crippen molar-refractivity contribution in [3.8, 4) is 10.4 Å². The monoisotopic (exact) mass is 513 g/mol. The summed E-state index contributed by atoms with van der Waals surface area (Å²) in [7, 11) is 0. The Morgan fingerprint density at radius 3 is 2.54 bits per heavy atom. The molecule has 2 unspecified atom stereocenters. The van der Waals surface area contributed by atoms with Crippen LogP contribution in [0.4, 0.5) is 5.13 Å². The summed E-state index contributed by atoms with van der Waals surface area (Å²) in [6.45, 7) is 3.13. The first-order valence-corrected chi connectivity index (χ1v) is 14.2. The van der Waals surface area contributed by atoms with Crippen molar-refractivity contribution < 1.29 is 14.3 Å². The molecule has 1 spiro atoms. The number of amides is 2. The Bertz CT molecular complexity index is 1320. The number of anilines is 1. The van der Waals surface area contributed by atoms with E-state index in [1.807, 2.05) is 24.4 Å². The Balaban J connectivity index is 1.01. The molecule has 2 aromatic carbocycles. The third kappa shape index (κ3) is 4.09. The number of rotatable bonds is 5. The molecule has 4 aliphatic rings. The molecule has 2 saturated heterocycles. The van der Waals surface area contributed by atoms with Crippen LogP contribution in [-0.2, 0) is 19.7 Å². The standard InChI is InChI=1S/C30H31N3O3S/c34-26(32-29-31-16-25(37-29)19-6-2-1-3-7-19)14-20-15-30(24-9-5-4-8-21(20)24)10-12-33(13-11-30)28(35)27-22-17-36-18-23(22)27/h1-9,16,20,22-23,27H,10-15,17-18H2,(H,31,32,34)/t20?,22-,23+,27?. The van der Waals surface area contributed by atoms with E-state index in [9.17, 15) is 9.59 Å². The largest absolute Gasteiger partial charge is 0.381 e. The van der Waals surface area contributed by atoms with E-state index >= 15 is 0 Å². The maximum absolute atomic E-state index is 13.1. The topological polar surface area (TPSA) is 71.5 Å². The normalized spacial score (nSPS) is 27.1. The number of benzene rings is 2. The molecule has 2 aliphatic carbocycles. The van der Waals surface area contributed by atoms with Crippen LogP contribution in [0.25, 0.3) is 10.4 Å². The Labute approximate surface area is 221 Å². The minimum atomic E-state index is 0.0147. The van der Waals surface area contributed by atoms with Gasteiger partial charge in [0.2, 0.25) is 11.8 Å². The fourth-order valence-corrected chi connectivity index (χ4v) is 7.95. The molecular formula is C30H31N3O3S. The van der Waals surface area contributed by atoms with E-state index in [0.29, 0.717) is 29.3 Å². The number of ether oxygens (including phenoxy) is 1. The molecule has 7 heteroatoms. The van der Waals surface area contributed by atoms with Crippen LogP contribution in [-0.4, -0.2) is 48.0 Å². The van der Waals surface area contributed by atoms with Gasteiger partial charge >= 0.3 is 0 Å². The van der Waals surface area contributed by atoms with Crippen molar-refractivity contribution >= 4 is 28.3 Å². The van der Waals surface area contributed by atoms with E-state index < -0.39 is 0 Å². The summed E-state index contributed by atoms with van der Waals surface area (Å²) in [6, 6.07) is 18.8. The van der Waals surface area contributed by atoms with Gasteiger partial charge < -0.3 is 15.0 Å². The van der Waals surface area contributed by atoms with E-state index in [1.54, 1.807) is 0 Å². The zero-order valence-electron chi connectivity index (χ0n) is 20.8. The van der Waals surface area contributed by atoms with Crippen molar-refractivity contribution in [3.05, 3.63) is 71.9 Å². The number of carbonyl (C=O) groups is 2. The molecule has 1 aromatic heterocycles. The fourth-order valence-electron chi connectivity index (χ4n) is 7.12. The summed E-state index contributed by atoms with van der Waals surface area (Å²) < 4.78 is 5.49. The number of hydrogen-bond donors (Lipinski definition) is 1. The summed E-state index contributed by atoms with van der Waals surface area (Å²) in [5, 5.41) is 3.69. The quantitative estimate of drug-likeness (QED) is 0.517. The number of likely N-dealkylation sites (tertiary alicyclic amines) is 1. The molecular weight excluding hydrogens is 482 g/mol. The summed E-state index contributed by atoms with van der Waals surface area (Å²) in [4.78, 5) is 33.8. The minimum Gasteiger partial charge on any atom is -0.381 e. The van der Waals surface area contributed by atoms with Gasteiger partial charge in [0.25, 0.3) is 0 Å². The van der Waals surface area contributed by atoms with Crippen LogP contribution in [0, 0.1) is 17.8 Å². The summed E-state index contributed by atoms with van der Waals surface area (Å²) >= 11 is 1.51. The predicted molar refractivity (Wildman–Crippen MR) is 143 cm³/mol. The molecule has 3 aromatic rings. The van der Waals surface area contributed by atoms with Crippen molar-refractivity contribution in [2.24, 2.45) is 17.8 Å². The Hall–Kier alpha value is -3.03. The van der Waals surface area contributed by atoms with Crippen LogP contribution in [0.15, 0.2) is 60.8 Å². The average molecular weight is 514 g/mol. The van der Waals surface area contributed by atoms with Gasteiger partial charge in [-0.25, -0.2) is 4.98 Å². The van der Waals surface area contributed by atoms with Crippen molar-refractivity contribution in [1.29, 1.82) is 0 Å². The van der Waals surface area contributed by atoms with Gasteiger partial charge in [0.05, 0.1) is 18.1 Å². The van der Waals surface area contributed by atoms with E-state index in [0.717, 1.165) is 56.0 Å². The van der Waals surface area contributed by atoms with Gasteiger partial charge in [-0.15, -0.1) is 0 Å². The van der Waals surface area contributed by atoms with Gasteiger partial charge in [-0.3, -0.25) is 9.59 Å². The maximum Gasteiger partial charge on any atom is 0.226 e. The molecule has 0 radical (unpaired) electrons. The number of fused-ring (bicyclic) bond motifs is 3. The fraction of sp³-hybridized carbons (Fsp3) is 0.433. The molecule has 1 saturated carbocycles. The van der Waals surface area contributed by atoms with Crippen molar-refractivity contribution in [2.45, 2.75) is 37.0 Å². The van der Waals surface area contributed by atoms with E-state index in [4.69, 9.17) is 4.74 Å². The maximum atomic E-state index is 13.1. The van der Waals surface area contributed by atoms with Crippen LogP contribution < -0.4 is 5.32 Å². The zero-order valence-corrected chi connectivity index (χ0v) is 21.6. The Morgan fingerprint density at radius 1 is 1.03 bits per heavy atom. The van der Waals surface area contributed by atoms with E-state index in [-0.39, 0.29) is 23.2 Å². The van der Waals surface area contributed by atoms with Gasteiger partial charge in [0, 0.05) is 31.6 Å². The van der Waals surface area contributed by atoms with Crippen LogP contribution in [0.1, 0.15) is 42.7 Å². The van der Waals surface area contributed by atoms with Gasteiger partial charge in [0.15, 0.2) is 5.13 Å². The minimum absolute atomic E-state index is 0.0147. The Morgan fingerprint density at radius 2 is 1.76 bits per heavy atom. The second-order valence-electron chi connectivity index (χ2n) is 11.1. The van der Waals surface area contributed by atoms with Crippen molar-refractivity contribution in [2.75, 3.05) is 31.6 Å². The third-order valence-corrected chi connectivity index (χ3v) is 10.1. The highest BCUT2D eigenvalue weighted by Gasteiger charge is 2.59. The van der Waals surface area contributed by atoms with Crippen molar-refractivity contribution in [1.82, 2.24) is 9.88 Å². The zero-order chi connectivity index (χ0) is 25.0. The lowest BCUT2D eigenvalue weighted by molar-refractivity contribution is -0.135. The van der Waals surface area contributed by atoms with Gasteiger partial charge in [-0.05, 0) is 59.1 Å². The molecule has 3 heterocycles. The highest BCUT2D eigenvalue weighted by molar-refractivity contribution is 7.19. The molecule has 6 nitrogen and oxygen atoms in total. The van der Waals surface area contributed by atoms with Gasteiger partial charge in [-0.1, -0.05) is 65.9 Å². The molecule has 2 aliphatic heterocycles. The van der Waals surface area contributed by atoms with E-state index in [2.05, 4.69) is 51.6 Å². The van der Waals surface area contributed by atoms with Crippen LogP contribution >= 0.6 is 11.3 Å². The lowest BCUT2D eigenvalue weighted by Crippen LogP contribution is -2.45. The lowest BCUT2D eigenvalue weighted by Gasteiger charge is -2.40. The summed E-state index contributed by atoms with van der Waals surface area (Å²) in [5.41, 5.74) is 3.85. The smallest absolute Gasteiger partial charge is 0.226 e. The number of nitrogens with zero attached hydrogens (tertiary/aromatic N) is 2. The highest BCUT2D eigenvalue weighted by Crippen LogP contribution is 2.55. The lowest BCUT2D eigenvalue weighted by atomic mass is 9.73. The van der Waals surface area contributed by atoms with Gasteiger partial charge in [-0.2, -0.15) is 0 Å². The SMILES string of the molecule is O=C(CC1CC2(CCN(C(=O)C3[C@H]4COC[C@@H]34)CC2)c2ccccc21)Nc1ncc(-c2ccccc2)s1. The van der Waals surface area contributed by atoms with Crippen LogP contribution in [0.5, 0.6) is 0 Å². The van der Waals surface area contributed by atoms with Gasteiger partial charge in [0.1, 0.15) is 0 Å². The predicted octanol–water partition coefficient (Wildman–Crippen LogP) is 5.08. The molecule has 1 N–H and O–H groups in total. The summed E-state index contributed by atoms with van der Waals surface area (Å²) in [5.74, 6) is 1.66. The van der Waals surface area contributed by atoms with Crippen LogP contribution in [0.3, 0.4) is 0 Å². The number of hydrogen-bond acceptors (Lipinski definition) is 5. The first-order chi connectivity index (χ1) is 18.1. The first kappa shape index (κ1) is 23.1. The second-order valence-corrected chi connectivity index (χ2v) is 12.2. The number of aromatic nitrogens is 1. The number of carbonyl (C=O) groups excluding carboxylic acids is 2. The molecule has 2 amide bonds. The molecule has 0 bridgehead atoms. The average Bonchev–Trinajstić information content (AvgIpc) is 3.29. The molecule has 4 atom stereocenters. The molecule has 190 valence electrons. The molecule has 3 fully saturated rings. The second kappa shape index (κ2) is 9.07. The number of piperidine rings is 1. The first-order valence-electron chi connectivity index (χ1n) is 13.4.